The van der Waals surface area contributed by atoms with E-state index in [9.17, 15) is 9.59 Å². The molecule has 2 fully saturated rings. The zero-order valence-corrected chi connectivity index (χ0v) is 29.5. The highest BCUT2D eigenvalue weighted by atomic mass is 16.6. The van der Waals surface area contributed by atoms with E-state index in [0.717, 1.165) is 51.4 Å². The van der Waals surface area contributed by atoms with E-state index in [2.05, 4.69) is 48.8 Å². The standard InChI is InChI=1S/C39H70N2O4/c1-4-6-20-26-34-36(44-34)28-22-16-12-8-10-14-18-24-30-38(42)40-32-33(3)41-39(43)31-25-19-15-11-9-13-17-23-29-37-35(45-37)27-21-7-5-2/h16-17,22-23,33-37H,4-15,18-21,24-32H2,1-3H3,(H,40,42)(H,41,43)/b22-16-,23-17-/t33?,34-,35-,36+,37+/m1/s1. The average Bonchev–Trinajstić information content (AvgIpc) is 3.95. The molecule has 2 heterocycles. The Balaban J connectivity index is 1.29. The molecule has 45 heavy (non-hydrogen) atoms. The van der Waals surface area contributed by atoms with Crippen LogP contribution in [0.25, 0.3) is 0 Å². The summed E-state index contributed by atoms with van der Waals surface area (Å²) in [4.78, 5) is 24.4. The predicted octanol–water partition coefficient (Wildman–Crippen LogP) is 9.66. The van der Waals surface area contributed by atoms with Crippen LogP contribution in [0.1, 0.15) is 175 Å². The number of carbonyl (C=O) groups is 2. The molecule has 6 nitrogen and oxygen atoms in total. The number of carbonyl (C=O) groups excluding carboxylic acids is 2. The summed E-state index contributed by atoms with van der Waals surface area (Å²) < 4.78 is 11.5. The maximum absolute atomic E-state index is 12.3. The molecular formula is C39H70N2O4. The Hall–Kier alpha value is -1.66. The van der Waals surface area contributed by atoms with Gasteiger partial charge < -0.3 is 20.1 Å². The van der Waals surface area contributed by atoms with Gasteiger partial charge in [-0.25, -0.2) is 0 Å². The molecule has 2 rings (SSSR count). The summed E-state index contributed by atoms with van der Waals surface area (Å²) in [6, 6.07) is -0.0348. The number of amides is 2. The van der Waals surface area contributed by atoms with Crippen molar-refractivity contribution in [2.75, 3.05) is 6.54 Å². The summed E-state index contributed by atoms with van der Waals surface area (Å²) in [6.07, 6.45) is 38.4. The van der Waals surface area contributed by atoms with Crippen molar-refractivity contribution in [3.05, 3.63) is 24.3 Å². The lowest BCUT2D eigenvalue weighted by molar-refractivity contribution is -0.123. The molecule has 0 aromatic carbocycles. The molecule has 2 aliphatic heterocycles. The lowest BCUT2D eigenvalue weighted by Gasteiger charge is -2.15. The van der Waals surface area contributed by atoms with E-state index in [1.807, 2.05) is 6.92 Å². The van der Waals surface area contributed by atoms with Gasteiger partial charge in [0.15, 0.2) is 0 Å². The fourth-order valence-corrected chi connectivity index (χ4v) is 6.08. The highest BCUT2D eigenvalue weighted by Crippen LogP contribution is 2.31. The molecule has 2 N–H and O–H groups in total. The van der Waals surface area contributed by atoms with Gasteiger partial charge in [0.2, 0.25) is 11.8 Å². The first-order valence-electron chi connectivity index (χ1n) is 19.2. The molecule has 5 atom stereocenters. The van der Waals surface area contributed by atoms with Gasteiger partial charge in [-0.15, -0.1) is 0 Å². The summed E-state index contributed by atoms with van der Waals surface area (Å²) in [7, 11) is 0. The lowest BCUT2D eigenvalue weighted by atomic mass is 10.1. The number of ether oxygens (including phenoxy) is 2. The Morgan fingerprint density at radius 2 is 1.04 bits per heavy atom. The molecular weight excluding hydrogens is 560 g/mol. The molecule has 2 aliphatic rings. The monoisotopic (exact) mass is 631 g/mol. The molecule has 0 radical (unpaired) electrons. The molecule has 0 bridgehead atoms. The number of hydrogen-bond donors (Lipinski definition) is 2. The highest BCUT2D eigenvalue weighted by molar-refractivity contribution is 5.77. The average molecular weight is 631 g/mol. The minimum absolute atomic E-state index is 0.0348. The maximum atomic E-state index is 12.3. The Morgan fingerprint density at radius 3 is 1.56 bits per heavy atom. The molecule has 0 aromatic rings. The summed E-state index contributed by atoms with van der Waals surface area (Å²) >= 11 is 0. The summed E-state index contributed by atoms with van der Waals surface area (Å²) in [5.74, 6) is 0.189. The van der Waals surface area contributed by atoms with Crippen LogP contribution in [-0.4, -0.2) is 48.8 Å². The fraction of sp³-hybridized carbons (Fsp3) is 0.846. The van der Waals surface area contributed by atoms with Crippen LogP contribution in [0.4, 0.5) is 0 Å². The summed E-state index contributed by atoms with van der Waals surface area (Å²) in [5, 5.41) is 6.02. The number of nitrogens with one attached hydrogen (secondary N) is 2. The number of unbranched alkanes of at least 4 members (excludes halogenated alkanes) is 14. The van der Waals surface area contributed by atoms with E-state index in [1.165, 1.54) is 89.9 Å². The topological polar surface area (TPSA) is 83.3 Å². The van der Waals surface area contributed by atoms with Crippen LogP contribution in [0.2, 0.25) is 0 Å². The Kier molecular flexibility index (Phi) is 23.2. The largest absolute Gasteiger partial charge is 0.369 e. The van der Waals surface area contributed by atoms with Crippen LogP contribution in [-0.2, 0) is 19.1 Å². The van der Waals surface area contributed by atoms with Crippen molar-refractivity contribution in [3.63, 3.8) is 0 Å². The minimum Gasteiger partial charge on any atom is -0.369 e. The van der Waals surface area contributed by atoms with Crippen LogP contribution in [0.3, 0.4) is 0 Å². The van der Waals surface area contributed by atoms with Crippen molar-refractivity contribution in [2.24, 2.45) is 0 Å². The molecule has 0 aliphatic carbocycles. The lowest BCUT2D eigenvalue weighted by Crippen LogP contribution is -2.41. The minimum atomic E-state index is -0.0348. The Labute approximate surface area is 277 Å². The van der Waals surface area contributed by atoms with Gasteiger partial charge in [-0.3, -0.25) is 9.59 Å². The van der Waals surface area contributed by atoms with Crippen molar-refractivity contribution in [3.8, 4) is 0 Å². The second-order valence-corrected chi connectivity index (χ2v) is 13.7. The predicted molar refractivity (Wildman–Crippen MR) is 188 cm³/mol. The van der Waals surface area contributed by atoms with E-state index in [1.54, 1.807) is 0 Å². The quantitative estimate of drug-likeness (QED) is 0.0454. The molecule has 0 spiro atoms. The summed E-state index contributed by atoms with van der Waals surface area (Å²) in [5.41, 5.74) is 0. The van der Waals surface area contributed by atoms with Crippen molar-refractivity contribution >= 4 is 11.8 Å². The smallest absolute Gasteiger partial charge is 0.220 e. The number of rotatable bonds is 31. The fourth-order valence-electron chi connectivity index (χ4n) is 6.08. The van der Waals surface area contributed by atoms with Gasteiger partial charge in [-0.05, 0) is 71.1 Å². The number of epoxide rings is 2. The van der Waals surface area contributed by atoms with E-state index in [-0.39, 0.29) is 17.9 Å². The molecule has 0 saturated carbocycles. The first-order valence-corrected chi connectivity index (χ1v) is 19.2. The Bertz CT molecular complexity index is 813. The van der Waals surface area contributed by atoms with E-state index < -0.39 is 0 Å². The summed E-state index contributed by atoms with van der Waals surface area (Å²) in [6.45, 7) is 6.96. The second-order valence-electron chi connectivity index (χ2n) is 13.7. The highest BCUT2D eigenvalue weighted by Gasteiger charge is 2.37. The van der Waals surface area contributed by atoms with Gasteiger partial charge in [0.25, 0.3) is 0 Å². The number of hydrogen-bond acceptors (Lipinski definition) is 4. The van der Waals surface area contributed by atoms with Gasteiger partial charge in [0.05, 0.1) is 24.4 Å². The van der Waals surface area contributed by atoms with Crippen molar-refractivity contribution < 1.29 is 19.1 Å². The first kappa shape index (κ1) is 39.5. The maximum Gasteiger partial charge on any atom is 0.220 e. The van der Waals surface area contributed by atoms with Gasteiger partial charge in [-0.2, -0.15) is 0 Å². The SMILES string of the molecule is CCCCC[C@H]1O[C@H]1C/C=C\CCCCCCCC(=O)NCC(C)NC(=O)CCCCCCC/C=C\C[C@@H]1O[C@@H]1CCCCC. The third-order valence-electron chi connectivity index (χ3n) is 9.19. The van der Waals surface area contributed by atoms with Crippen molar-refractivity contribution in [1.82, 2.24) is 10.6 Å². The molecule has 1 unspecified atom stereocenters. The first-order chi connectivity index (χ1) is 22.0. The number of allylic oxidation sites excluding steroid dienone is 2. The van der Waals surface area contributed by atoms with Gasteiger partial charge in [-0.1, -0.05) is 115 Å². The van der Waals surface area contributed by atoms with Gasteiger partial charge >= 0.3 is 0 Å². The van der Waals surface area contributed by atoms with Gasteiger partial charge in [0, 0.05) is 25.4 Å². The molecule has 6 heteroatoms. The van der Waals surface area contributed by atoms with Crippen molar-refractivity contribution in [1.29, 1.82) is 0 Å². The van der Waals surface area contributed by atoms with E-state index in [0.29, 0.717) is 43.8 Å². The molecule has 2 saturated heterocycles. The van der Waals surface area contributed by atoms with Crippen molar-refractivity contribution in [2.45, 2.75) is 205 Å². The van der Waals surface area contributed by atoms with E-state index >= 15 is 0 Å². The zero-order chi connectivity index (χ0) is 32.4. The Morgan fingerprint density at radius 1 is 0.578 bits per heavy atom. The normalized spacial score (nSPS) is 21.4. The van der Waals surface area contributed by atoms with Crippen LogP contribution in [0.5, 0.6) is 0 Å². The van der Waals surface area contributed by atoms with Crippen LogP contribution in [0, 0.1) is 0 Å². The molecule has 2 amide bonds. The van der Waals surface area contributed by atoms with Gasteiger partial charge in [0.1, 0.15) is 0 Å². The second kappa shape index (κ2) is 26.4. The third kappa shape index (κ3) is 22.5. The van der Waals surface area contributed by atoms with Crippen LogP contribution in [0.15, 0.2) is 24.3 Å². The molecule has 0 aromatic heterocycles. The molecule has 260 valence electrons. The van der Waals surface area contributed by atoms with Crippen LogP contribution >= 0.6 is 0 Å². The van der Waals surface area contributed by atoms with Crippen LogP contribution < -0.4 is 10.6 Å². The third-order valence-corrected chi connectivity index (χ3v) is 9.19. The van der Waals surface area contributed by atoms with E-state index in [4.69, 9.17) is 9.47 Å². The zero-order valence-electron chi connectivity index (χ0n) is 29.5.